The molecule has 0 bridgehead atoms. The molecule has 0 aromatic carbocycles. The summed E-state index contributed by atoms with van der Waals surface area (Å²) in [5.74, 6) is -0.00215. The molecule has 2 rings (SSSR count). The number of unbranched alkanes of at least 4 members (excludes halogenated alkanes) is 3. The lowest BCUT2D eigenvalue weighted by molar-refractivity contribution is -0.126. The number of guanidine groups is 1. The Morgan fingerprint density at radius 2 is 1.38 bits per heavy atom. The lowest BCUT2D eigenvalue weighted by Gasteiger charge is -2.16. The van der Waals surface area contributed by atoms with E-state index in [0.717, 1.165) is 37.9 Å². The molecule has 20 nitrogen and oxygen atoms in total. The third-order valence-corrected chi connectivity index (χ3v) is 10.2. The van der Waals surface area contributed by atoms with E-state index in [9.17, 15) is 24.0 Å². The lowest BCUT2D eigenvalue weighted by Crippen LogP contribution is -2.41. The second kappa shape index (κ2) is 30.2. The number of rotatable bonds is 33. The van der Waals surface area contributed by atoms with Crippen molar-refractivity contribution in [3.63, 3.8) is 0 Å². The number of ether oxygens (including phenoxy) is 3. The summed E-state index contributed by atoms with van der Waals surface area (Å²) in [6, 6.07) is -0.583. The molecule has 0 aliphatic carbocycles. The average Bonchev–Trinajstić information content (AvgIpc) is 3.72. The van der Waals surface area contributed by atoms with Crippen molar-refractivity contribution in [3.05, 3.63) is 10.4 Å². The van der Waals surface area contributed by atoms with Gasteiger partial charge in [-0.15, -0.1) is 0 Å². The minimum atomic E-state index is -0.964. The molecule has 2 saturated heterocycles. The van der Waals surface area contributed by atoms with Gasteiger partial charge in [-0.1, -0.05) is 18.0 Å². The lowest BCUT2D eigenvalue weighted by atomic mass is 10.0. The molecule has 2 fully saturated rings. The molecule has 0 saturated carbocycles. The Bertz CT molecular complexity index is 1240. The highest BCUT2D eigenvalue weighted by Gasteiger charge is 2.42. The zero-order chi connectivity index (χ0) is 39.9. The van der Waals surface area contributed by atoms with Crippen LogP contribution in [0.2, 0.25) is 0 Å². The fourth-order valence-electron chi connectivity index (χ4n) is 5.76. The number of amides is 6. The van der Waals surface area contributed by atoms with E-state index in [1.54, 1.807) is 0 Å². The summed E-state index contributed by atoms with van der Waals surface area (Å²) in [5.41, 5.74) is 19.2. The molecule has 55 heavy (non-hydrogen) atoms. The largest absolute Gasteiger partial charge is 0.379 e. The molecular formula is C34H62N12O8S. The van der Waals surface area contributed by atoms with Crippen LogP contribution in [-0.4, -0.2) is 137 Å². The number of aliphatic imine (C=N–C) groups is 1. The molecule has 0 spiro atoms. The molecule has 2 heterocycles. The molecule has 10 N–H and O–H groups in total. The van der Waals surface area contributed by atoms with Crippen molar-refractivity contribution in [1.29, 1.82) is 0 Å². The van der Waals surface area contributed by atoms with Gasteiger partial charge in [0, 0.05) is 68.1 Å². The fraction of sp³-hybridized carbons (Fsp3) is 0.824. The maximum atomic E-state index is 12.2. The number of thioether (sulfide) groups is 1. The van der Waals surface area contributed by atoms with Gasteiger partial charge in [-0.3, -0.25) is 24.2 Å². The molecule has 312 valence electrons. The maximum Gasteiger partial charge on any atom is 0.315 e. The monoisotopic (exact) mass is 798 g/mol. The number of carbonyl (C=O) groups excluding carboxylic acids is 5. The number of urea groups is 1. The summed E-state index contributed by atoms with van der Waals surface area (Å²) in [6.45, 7) is 4.45. The molecule has 2 aliphatic heterocycles. The number of nitrogens with zero attached hydrogens (tertiary/aromatic N) is 4. The Morgan fingerprint density at radius 1 is 0.782 bits per heavy atom. The molecule has 21 heteroatoms. The van der Waals surface area contributed by atoms with Gasteiger partial charge in [-0.05, 0) is 56.9 Å². The Labute approximate surface area is 327 Å². The zero-order valence-corrected chi connectivity index (χ0v) is 32.7. The number of carbonyl (C=O) groups is 5. The minimum Gasteiger partial charge on any atom is -0.379 e. The van der Waals surface area contributed by atoms with E-state index >= 15 is 0 Å². The Kier molecular flexibility index (Phi) is 25.9. The van der Waals surface area contributed by atoms with E-state index < -0.39 is 11.9 Å². The third-order valence-electron chi connectivity index (χ3n) is 8.65. The van der Waals surface area contributed by atoms with Gasteiger partial charge in [0.15, 0.2) is 5.96 Å². The number of hydrogen-bond donors (Lipinski definition) is 8. The van der Waals surface area contributed by atoms with Gasteiger partial charge in [0.2, 0.25) is 23.6 Å². The summed E-state index contributed by atoms with van der Waals surface area (Å²) in [4.78, 5) is 66.3. The van der Waals surface area contributed by atoms with Crippen LogP contribution in [0.5, 0.6) is 0 Å². The normalized spacial score (nSPS) is 17.5. The van der Waals surface area contributed by atoms with E-state index in [2.05, 4.69) is 46.9 Å². The predicted molar refractivity (Wildman–Crippen MR) is 209 cm³/mol. The highest BCUT2D eigenvalue weighted by atomic mass is 32.2. The van der Waals surface area contributed by atoms with Crippen molar-refractivity contribution in [1.82, 2.24) is 31.9 Å². The molecule has 0 radical (unpaired) electrons. The standard InChI is InChI=1S/C34H62N12O8S/c35-33(36)41-14-6-9-25(45-46-37)32(50)42-23-30(49)40-13-5-1-2-11-28(47)38-15-7-17-52-19-21-54-22-20-53-18-8-16-39-29(48)12-4-3-10-27-31-26(24-55-27)43-34(51)44-31/h25-27,31H,1-24H2,(H,38,47)(H,39,48)(H,40,49)(H,42,50)(H4,35,36,41)(H2,43,44,51)/t25-,26+,27+,31+/m1/s1. The van der Waals surface area contributed by atoms with Crippen LogP contribution >= 0.6 is 11.8 Å². The molecule has 0 unspecified atom stereocenters. The van der Waals surface area contributed by atoms with Crippen LogP contribution in [0.1, 0.15) is 77.0 Å². The molecule has 6 amide bonds. The molecule has 4 atom stereocenters. The first-order chi connectivity index (χ1) is 26.7. The number of nitrogens with one attached hydrogen (secondary N) is 6. The van der Waals surface area contributed by atoms with Gasteiger partial charge >= 0.3 is 6.03 Å². The maximum absolute atomic E-state index is 12.2. The van der Waals surface area contributed by atoms with E-state index in [4.69, 9.17) is 31.2 Å². The molecule has 2 aliphatic rings. The third kappa shape index (κ3) is 23.5. The summed E-state index contributed by atoms with van der Waals surface area (Å²) in [6.07, 6.45) is 7.94. The van der Waals surface area contributed by atoms with Gasteiger partial charge < -0.3 is 57.6 Å². The average molecular weight is 799 g/mol. The first kappa shape index (κ1) is 47.1. The van der Waals surface area contributed by atoms with Gasteiger partial charge in [-0.25, -0.2) is 4.79 Å². The quantitative estimate of drug-likeness (QED) is 0.00850. The predicted octanol–water partition coefficient (Wildman–Crippen LogP) is 0.300. The van der Waals surface area contributed by atoms with Crippen LogP contribution < -0.4 is 43.4 Å². The number of hydrogen-bond acceptors (Lipinski definition) is 11. The van der Waals surface area contributed by atoms with Crippen molar-refractivity contribution in [2.24, 2.45) is 21.6 Å². The summed E-state index contributed by atoms with van der Waals surface area (Å²) >= 11 is 1.89. The Balaban J connectivity index is 1.27. The van der Waals surface area contributed by atoms with Gasteiger partial charge in [0.25, 0.3) is 0 Å². The van der Waals surface area contributed by atoms with Crippen molar-refractivity contribution in [2.75, 3.05) is 78.1 Å². The first-order valence-corrected chi connectivity index (χ1v) is 20.3. The molecule has 0 aromatic heterocycles. The highest BCUT2D eigenvalue weighted by Crippen LogP contribution is 2.33. The van der Waals surface area contributed by atoms with E-state index in [1.165, 1.54) is 0 Å². The van der Waals surface area contributed by atoms with E-state index in [1.807, 2.05) is 11.8 Å². The highest BCUT2D eigenvalue weighted by molar-refractivity contribution is 8.00. The van der Waals surface area contributed by atoms with Crippen LogP contribution in [0, 0.1) is 0 Å². The van der Waals surface area contributed by atoms with Crippen molar-refractivity contribution in [2.45, 2.75) is 100 Å². The SMILES string of the molecule is [N-]=[N+]=N[C@H](CCCN=C(N)N)C(=O)NCC(=O)NCCCCCC(=O)NCCCOCCOCCOCCCNC(=O)CCCC[C@@H]1SC[C@@H]2NC(=O)N[C@@H]21. The summed E-state index contributed by atoms with van der Waals surface area (Å²) in [7, 11) is 0. The Morgan fingerprint density at radius 3 is 2.02 bits per heavy atom. The second-order valence-corrected chi connectivity index (χ2v) is 14.4. The van der Waals surface area contributed by atoms with Gasteiger partial charge in [0.05, 0.1) is 45.1 Å². The smallest absolute Gasteiger partial charge is 0.315 e. The fourth-order valence-corrected chi connectivity index (χ4v) is 7.30. The van der Waals surface area contributed by atoms with Gasteiger partial charge in [0.1, 0.15) is 6.04 Å². The van der Waals surface area contributed by atoms with Crippen LogP contribution in [0.15, 0.2) is 10.1 Å². The molecular weight excluding hydrogens is 737 g/mol. The van der Waals surface area contributed by atoms with Gasteiger partial charge in [-0.2, -0.15) is 11.8 Å². The minimum absolute atomic E-state index is 0.0337. The first-order valence-electron chi connectivity index (χ1n) is 19.3. The Hall–Kier alpha value is -4.04. The van der Waals surface area contributed by atoms with Crippen molar-refractivity contribution < 1.29 is 38.2 Å². The van der Waals surface area contributed by atoms with Crippen LogP contribution in [0.3, 0.4) is 0 Å². The molecule has 0 aromatic rings. The topological polar surface area (TPSA) is 298 Å². The second-order valence-electron chi connectivity index (χ2n) is 13.2. The van der Waals surface area contributed by atoms with Crippen molar-refractivity contribution >= 4 is 47.4 Å². The van der Waals surface area contributed by atoms with E-state index in [-0.39, 0.29) is 54.8 Å². The summed E-state index contributed by atoms with van der Waals surface area (Å²) < 4.78 is 16.6. The van der Waals surface area contributed by atoms with Crippen LogP contribution in [0.25, 0.3) is 10.4 Å². The van der Waals surface area contributed by atoms with E-state index in [0.29, 0.717) is 110 Å². The van der Waals surface area contributed by atoms with Crippen LogP contribution in [0.4, 0.5) is 4.79 Å². The van der Waals surface area contributed by atoms with Crippen LogP contribution in [-0.2, 0) is 33.4 Å². The summed E-state index contributed by atoms with van der Waals surface area (Å²) in [5, 5.41) is 20.8. The zero-order valence-electron chi connectivity index (χ0n) is 31.9. The number of azide groups is 1. The number of nitrogens with two attached hydrogens (primary N) is 2. The van der Waals surface area contributed by atoms with Crippen molar-refractivity contribution in [3.8, 4) is 0 Å². The number of fused-ring (bicyclic) bond motifs is 1.